The third-order valence-corrected chi connectivity index (χ3v) is 6.27. The summed E-state index contributed by atoms with van der Waals surface area (Å²) >= 11 is 1.18. The molecule has 0 amide bonds. The maximum absolute atomic E-state index is 13.6. The van der Waals surface area contributed by atoms with E-state index in [0.717, 1.165) is 0 Å². The van der Waals surface area contributed by atoms with Crippen molar-refractivity contribution in [1.29, 1.82) is 0 Å². The molecular formula is C25H23FN2O5S. The number of carbonyl (C=O) groups is 1. The zero-order valence-electron chi connectivity index (χ0n) is 18.9. The number of thiazole rings is 1. The fourth-order valence-electron chi connectivity index (χ4n) is 3.79. The Kier molecular flexibility index (Phi) is 6.65. The monoisotopic (exact) mass is 482 g/mol. The lowest BCUT2D eigenvalue weighted by Crippen LogP contribution is -2.39. The predicted octanol–water partition coefficient (Wildman–Crippen LogP) is 3.04. The number of phenolic OH excluding ortho intramolecular Hbond substituents is 1. The number of hydrogen-bond donors (Lipinski definition) is 1. The van der Waals surface area contributed by atoms with Crippen LogP contribution in [0.3, 0.4) is 0 Å². The number of hydrogen-bond acceptors (Lipinski definition) is 7. The van der Waals surface area contributed by atoms with Gasteiger partial charge in [-0.25, -0.2) is 14.2 Å². The Balaban J connectivity index is 1.91. The molecule has 0 radical (unpaired) electrons. The molecule has 34 heavy (non-hydrogen) atoms. The van der Waals surface area contributed by atoms with Crippen molar-refractivity contribution in [3.05, 3.63) is 90.4 Å². The lowest BCUT2D eigenvalue weighted by atomic mass is 9.96. The number of allylic oxidation sites excluding steroid dienone is 1. The molecule has 0 saturated carbocycles. The minimum Gasteiger partial charge on any atom is -0.504 e. The molecule has 2 aromatic carbocycles. The van der Waals surface area contributed by atoms with Gasteiger partial charge < -0.3 is 14.6 Å². The molecule has 1 N–H and O–H groups in total. The van der Waals surface area contributed by atoms with Gasteiger partial charge in [0.05, 0.1) is 35.1 Å². The van der Waals surface area contributed by atoms with E-state index in [-0.39, 0.29) is 23.5 Å². The number of esters is 1. The molecule has 0 aliphatic carbocycles. The highest BCUT2D eigenvalue weighted by Gasteiger charge is 2.33. The molecule has 2 heterocycles. The van der Waals surface area contributed by atoms with E-state index >= 15 is 0 Å². The molecule has 1 aliphatic heterocycles. The lowest BCUT2D eigenvalue weighted by molar-refractivity contribution is -0.139. The van der Waals surface area contributed by atoms with Gasteiger partial charge in [-0.2, -0.15) is 0 Å². The fourth-order valence-corrected chi connectivity index (χ4v) is 4.84. The van der Waals surface area contributed by atoms with E-state index in [9.17, 15) is 19.1 Å². The number of halogens is 1. The molecule has 9 heteroatoms. The highest BCUT2D eigenvalue weighted by atomic mass is 32.1. The largest absolute Gasteiger partial charge is 0.504 e. The van der Waals surface area contributed by atoms with E-state index in [1.807, 2.05) is 6.92 Å². The molecular weight excluding hydrogens is 459 g/mol. The average Bonchev–Trinajstić information content (AvgIpc) is 3.10. The summed E-state index contributed by atoms with van der Waals surface area (Å²) in [6, 6.07) is 9.67. The number of aromatic hydroxyl groups is 1. The third kappa shape index (κ3) is 4.38. The number of ether oxygens (including phenoxy) is 2. The van der Waals surface area contributed by atoms with E-state index in [4.69, 9.17) is 9.47 Å². The van der Waals surface area contributed by atoms with Gasteiger partial charge in [0.25, 0.3) is 5.56 Å². The first kappa shape index (κ1) is 23.4. The zero-order chi connectivity index (χ0) is 24.4. The van der Waals surface area contributed by atoms with Gasteiger partial charge in [-0.05, 0) is 62.2 Å². The molecule has 1 atom stereocenters. The van der Waals surface area contributed by atoms with E-state index in [1.54, 1.807) is 44.2 Å². The topological polar surface area (TPSA) is 90.1 Å². The molecule has 4 rings (SSSR count). The zero-order valence-corrected chi connectivity index (χ0v) is 19.7. The summed E-state index contributed by atoms with van der Waals surface area (Å²) in [5, 5.41) is 9.96. The van der Waals surface area contributed by atoms with E-state index in [1.165, 1.54) is 34.1 Å². The maximum atomic E-state index is 13.6. The Hall–Kier alpha value is -3.72. The Morgan fingerprint density at radius 2 is 1.94 bits per heavy atom. The van der Waals surface area contributed by atoms with Crippen LogP contribution < -0.4 is 19.6 Å². The van der Waals surface area contributed by atoms with Gasteiger partial charge >= 0.3 is 5.97 Å². The Labute approximate surface area is 198 Å². The van der Waals surface area contributed by atoms with Crippen molar-refractivity contribution in [1.82, 2.24) is 4.57 Å². The fraction of sp³-hybridized carbons (Fsp3) is 0.240. The normalized spacial score (nSPS) is 15.6. The van der Waals surface area contributed by atoms with Crippen LogP contribution in [0.2, 0.25) is 0 Å². The molecule has 1 aliphatic rings. The first-order valence-electron chi connectivity index (χ1n) is 10.7. The van der Waals surface area contributed by atoms with Crippen molar-refractivity contribution >= 4 is 23.4 Å². The summed E-state index contributed by atoms with van der Waals surface area (Å²) in [5.74, 6) is -0.681. The van der Waals surface area contributed by atoms with Crippen LogP contribution >= 0.6 is 11.3 Å². The van der Waals surface area contributed by atoms with Crippen molar-refractivity contribution in [3.8, 4) is 11.5 Å². The Bertz CT molecular complexity index is 1450. The molecule has 0 fully saturated rings. The van der Waals surface area contributed by atoms with Crippen LogP contribution in [-0.4, -0.2) is 28.9 Å². The highest BCUT2D eigenvalue weighted by Crippen LogP contribution is 2.31. The van der Waals surface area contributed by atoms with Gasteiger partial charge in [-0.3, -0.25) is 9.36 Å². The summed E-state index contributed by atoms with van der Waals surface area (Å²) in [6.45, 7) is 5.74. The van der Waals surface area contributed by atoms with Crippen molar-refractivity contribution in [2.45, 2.75) is 26.8 Å². The molecule has 0 saturated heterocycles. The van der Waals surface area contributed by atoms with E-state index < -0.39 is 17.8 Å². The summed E-state index contributed by atoms with van der Waals surface area (Å²) in [7, 11) is 0. The lowest BCUT2D eigenvalue weighted by Gasteiger charge is -2.24. The molecule has 7 nitrogen and oxygen atoms in total. The molecule has 1 aromatic heterocycles. The van der Waals surface area contributed by atoms with E-state index in [2.05, 4.69) is 4.99 Å². The van der Waals surface area contributed by atoms with Crippen molar-refractivity contribution in [2.75, 3.05) is 13.2 Å². The minimum atomic E-state index is -0.808. The second-order valence-corrected chi connectivity index (χ2v) is 8.52. The van der Waals surface area contributed by atoms with Crippen LogP contribution in [0.4, 0.5) is 4.39 Å². The molecule has 1 unspecified atom stereocenters. The van der Waals surface area contributed by atoms with E-state index in [0.29, 0.717) is 38.5 Å². The second-order valence-electron chi connectivity index (χ2n) is 7.51. The summed E-state index contributed by atoms with van der Waals surface area (Å²) in [4.78, 5) is 31.3. The Morgan fingerprint density at radius 3 is 2.62 bits per heavy atom. The molecule has 0 bridgehead atoms. The average molecular weight is 483 g/mol. The van der Waals surface area contributed by atoms with Gasteiger partial charge in [-0.15, -0.1) is 0 Å². The molecule has 3 aromatic rings. The van der Waals surface area contributed by atoms with Crippen molar-refractivity contribution < 1.29 is 23.8 Å². The molecule has 176 valence electrons. The standard InChI is InChI=1S/C25H23FN2O5S/c1-4-32-19-12-15(6-11-18(19)29)13-20-23(30)28-22(16-7-9-17(26)10-8-16)21(24(31)33-5-2)14(3)27-25(28)34-20/h6-13,22,29H,4-5H2,1-3H3/b20-13-. The van der Waals surface area contributed by atoms with Gasteiger partial charge in [0.1, 0.15) is 5.82 Å². The molecule has 0 spiro atoms. The van der Waals surface area contributed by atoms with Gasteiger partial charge in [-0.1, -0.05) is 29.5 Å². The quantitative estimate of drug-likeness (QED) is 0.546. The third-order valence-electron chi connectivity index (χ3n) is 5.28. The van der Waals surface area contributed by atoms with Crippen LogP contribution in [0.5, 0.6) is 11.5 Å². The summed E-state index contributed by atoms with van der Waals surface area (Å²) in [6.07, 6.45) is 1.68. The van der Waals surface area contributed by atoms with Gasteiger partial charge in [0, 0.05) is 0 Å². The first-order valence-corrected chi connectivity index (χ1v) is 11.6. The number of nitrogens with zero attached hydrogens (tertiary/aromatic N) is 2. The highest BCUT2D eigenvalue weighted by molar-refractivity contribution is 7.07. The number of fused-ring (bicyclic) bond motifs is 1. The number of rotatable bonds is 6. The number of phenols is 1. The van der Waals surface area contributed by atoms with Crippen LogP contribution in [0.1, 0.15) is 37.9 Å². The summed E-state index contributed by atoms with van der Waals surface area (Å²) in [5.41, 5.74) is 1.54. The number of aromatic nitrogens is 1. The number of carbonyl (C=O) groups excluding carboxylic acids is 1. The SMILES string of the molecule is CCOC(=O)C1=C(C)N=c2s/c(=C\c3ccc(O)c(OCC)c3)c(=O)n2C1c1ccc(F)cc1. The second kappa shape index (κ2) is 9.64. The first-order chi connectivity index (χ1) is 16.3. The van der Waals surface area contributed by atoms with Crippen LogP contribution in [-0.2, 0) is 9.53 Å². The van der Waals surface area contributed by atoms with Gasteiger partial charge in [0.2, 0.25) is 0 Å². The summed E-state index contributed by atoms with van der Waals surface area (Å²) < 4.78 is 26.1. The van der Waals surface area contributed by atoms with Crippen LogP contribution in [0, 0.1) is 5.82 Å². The Morgan fingerprint density at radius 1 is 1.21 bits per heavy atom. The minimum absolute atomic E-state index is 0.00599. The smallest absolute Gasteiger partial charge is 0.338 e. The maximum Gasteiger partial charge on any atom is 0.338 e. The van der Waals surface area contributed by atoms with Crippen LogP contribution in [0.25, 0.3) is 6.08 Å². The van der Waals surface area contributed by atoms with Crippen molar-refractivity contribution in [3.63, 3.8) is 0 Å². The number of benzene rings is 2. The van der Waals surface area contributed by atoms with Crippen LogP contribution in [0.15, 0.2) is 63.5 Å². The van der Waals surface area contributed by atoms with Crippen molar-refractivity contribution in [2.24, 2.45) is 4.99 Å². The predicted molar refractivity (Wildman–Crippen MR) is 126 cm³/mol. The van der Waals surface area contributed by atoms with Gasteiger partial charge in [0.15, 0.2) is 16.3 Å².